The molecule has 1 unspecified atom stereocenters. The van der Waals surface area contributed by atoms with Gasteiger partial charge in [0.15, 0.2) is 11.6 Å². The number of hydrogen-bond acceptors (Lipinski definition) is 5. The first-order valence-electron chi connectivity index (χ1n) is 11.0. The van der Waals surface area contributed by atoms with Crippen molar-refractivity contribution in [1.82, 2.24) is 4.98 Å². The molecule has 0 amide bonds. The topological polar surface area (TPSA) is 71.8 Å². The summed E-state index contributed by atoms with van der Waals surface area (Å²) in [6.45, 7) is 0. The van der Waals surface area contributed by atoms with Crippen molar-refractivity contribution in [3.8, 4) is 0 Å². The van der Waals surface area contributed by atoms with Crippen LogP contribution >= 0.6 is 0 Å². The predicted octanol–water partition coefficient (Wildman–Crippen LogP) is 5.12. The summed E-state index contributed by atoms with van der Waals surface area (Å²) < 4.78 is 0. The van der Waals surface area contributed by atoms with Crippen molar-refractivity contribution in [2.24, 2.45) is 16.1 Å². The Morgan fingerprint density at radius 2 is 1.32 bits per heavy atom. The molecule has 5 nitrogen and oxygen atoms in total. The molecule has 0 bridgehead atoms. The minimum absolute atomic E-state index is 0.212. The van der Waals surface area contributed by atoms with Crippen molar-refractivity contribution in [3.05, 3.63) is 137 Å². The molecule has 1 aliphatic rings. The lowest BCUT2D eigenvalue weighted by molar-refractivity contribution is -0.120. The van der Waals surface area contributed by atoms with Gasteiger partial charge in [0.1, 0.15) is 5.92 Å². The number of aromatic nitrogens is 1. The zero-order valence-corrected chi connectivity index (χ0v) is 18.3. The molecule has 0 saturated carbocycles. The molecule has 1 aromatic heterocycles. The maximum atomic E-state index is 14.1. The number of carbonyl (C=O) groups is 2. The summed E-state index contributed by atoms with van der Waals surface area (Å²) in [4.78, 5) is 31.6. The fourth-order valence-corrected chi connectivity index (χ4v) is 4.32. The number of carbonyl (C=O) groups excluding carboxylic acids is 2. The lowest BCUT2D eigenvalue weighted by atomic mass is 9.80. The number of hydrogen-bond donors (Lipinski definition) is 0. The molecule has 0 aliphatic heterocycles. The second kappa shape index (κ2) is 9.55. The fourth-order valence-electron chi connectivity index (χ4n) is 4.32. The molecule has 5 rings (SSSR count). The number of Topliss-reactive ketones (excluding diaryl/α,β-unsaturated/α-hetero) is 2. The van der Waals surface area contributed by atoms with Crippen LogP contribution < -0.4 is 0 Å². The summed E-state index contributed by atoms with van der Waals surface area (Å²) in [5, 5.41) is 8.63. The number of ketones is 2. The normalized spacial score (nSPS) is 16.3. The van der Waals surface area contributed by atoms with Gasteiger partial charge in [0.05, 0.1) is 17.8 Å². The van der Waals surface area contributed by atoms with Crippen LogP contribution in [-0.2, 0) is 4.79 Å². The Morgan fingerprint density at radius 1 is 0.765 bits per heavy atom. The molecule has 3 aromatic carbocycles. The van der Waals surface area contributed by atoms with Crippen LogP contribution in [0.5, 0.6) is 0 Å². The second-order valence-electron chi connectivity index (χ2n) is 8.01. The van der Waals surface area contributed by atoms with Crippen molar-refractivity contribution in [3.63, 3.8) is 0 Å². The average molecular weight is 444 g/mol. The van der Waals surface area contributed by atoms with Crippen LogP contribution in [0.15, 0.2) is 120 Å². The maximum Gasteiger partial charge on any atom is 0.180 e. The van der Waals surface area contributed by atoms with E-state index < -0.39 is 11.8 Å². The van der Waals surface area contributed by atoms with E-state index in [1.807, 2.05) is 72.8 Å². The van der Waals surface area contributed by atoms with E-state index >= 15 is 0 Å². The predicted molar refractivity (Wildman–Crippen MR) is 132 cm³/mol. The van der Waals surface area contributed by atoms with Crippen LogP contribution in [0.1, 0.15) is 38.5 Å². The van der Waals surface area contributed by atoms with Crippen LogP contribution in [0.3, 0.4) is 0 Å². The van der Waals surface area contributed by atoms with Crippen LogP contribution in [0.2, 0.25) is 0 Å². The minimum atomic E-state index is -1.03. The van der Waals surface area contributed by atoms with E-state index in [4.69, 9.17) is 0 Å². The highest BCUT2D eigenvalue weighted by molar-refractivity contribution is 6.38. The van der Waals surface area contributed by atoms with Crippen LogP contribution in [-0.4, -0.2) is 28.5 Å². The molecular formula is C29H21N3O2. The number of nitrogens with zero attached hydrogens (tertiary/aromatic N) is 3. The van der Waals surface area contributed by atoms with Crippen molar-refractivity contribution < 1.29 is 9.59 Å². The summed E-state index contributed by atoms with van der Waals surface area (Å²) in [5.74, 6) is -2.08. The van der Waals surface area contributed by atoms with Gasteiger partial charge in [-0.15, -0.1) is 0 Å². The molecule has 0 N–H and O–H groups in total. The summed E-state index contributed by atoms with van der Waals surface area (Å²) in [5.41, 5.74) is 4.03. The molecule has 1 atom stereocenters. The van der Waals surface area contributed by atoms with E-state index in [-0.39, 0.29) is 11.6 Å². The monoisotopic (exact) mass is 443 g/mol. The van der Waals surface area contributed by atoms with Crippen LogP contribution in [0, 0.1) is 5.92 Å². The largest absolute Gasteiger partial charge is 0.297 e. The van der Waals surface area contributed by atoms with Crippen LogP contribution in [0.25, 0.3) is 0 Å². The van der Waals surface area contributed by atoms with Crippen molar-refractivity contribution in [1.29, 1.82) is 0 Å². The van der Waals surface area contributed by atoms with Gasteiger partial charge in [0.25, 0.3) is 0 Å². The van der Waals surface area contributed by atoms with E-state index in [1.165, 1.54) is 0 Å². The van der Waals surface area contributed by atoms with Crippen LogP contribution in [0.4, 0.5) is 0 Å². The van der Waals surface area contributed by atoms with Gasteiger partial charge in [0.2, 0.25) is 0 Å². The fraction of sp³-hybridized carbons (Fsp3) is 0.0690. The Bertz CT molecular complexity index is 1340. The molecule has 1 heterocycles. The zero-order valence-electron chi connectivity index (χ0n) is 18.3. The van der Waals surface area contributed by atoms with Gasteiger partial charge in [-0.05, 0) is 28.8 Å². The number of rotatable bonds is 6. The lowest BCUT2D eigenvalue weighted by Crippen LogP contribution is -2.31. The molecule has 1 aliphatic carbocycles. The van der Waals surface area contributed by atoms with Gasteiger partial charge in [-0.3, -0.25) is 14.6 Å². The molecule has 0 spiro atoms. The van der Waals surface area contributed by atoms with Crippen molar-refractivity contribution >= 4 is 23.5 Å². The van der Waals surface area contributed by atoms with Gasteiger partial charge in [-0.25, -0.2) is 0 Å². The third-order valence-electron chi connectivity index (χ3n) is 5.92. The summed E-state index contributed by atoms with van der Waals surface area (Å²) in [6, 6.07) is 29.9. The summed E-state index contributed by atoms with van der Waals surface area (Å²) in [6.07, 6.45) is 4.92. The molecule has 0 fully saturated rings. The first-order chi connectivity index (χ1) is 16.7. The van der Waals surface area contributed by atoms with E-state index in [2.05, 4.69) is 15.2 Å². The Morgan fingerprint density at radius 3 is 1.94 bits per heavy atom. The standard InChI is InChI=1S/C29H21N3O2/c33-28-24-14-8-7-13-23(24)27(32-31-19-20-15-17-30-18-16-20)26(28)29(34)25(21-9-3-1-4-10-21)22-11-5-2-6-12-22/h1-19,25-26H/b31-19+,32-27+. The van der Waals surface area contributed by atoms with Gasteiger partial charge in [-0.2, -0.15) is 10.2 Å². The Balaban J connectivity index is 1.59. The van der Waals surface area contributed by atoms with Gasteiger partial charge in [0, 0.05) is 23.5 Å². The van der Waals surface area contributed by atoms with Gasteiger partial charge in [-0.1, -0.05) is 84.9 Å². The first-order valence-corrected chi connectivity index (χ1v) is 11.0. The highest BCUT2D eigenvalue weighted by Crippen LogP contribution is 2.35. The molecule has 0 radical (unpaired) electrons. The summed E-state index contributed by atoms with van der Waals surface area (Å²) >= 11 is 0. The molecule has 5 heteroatoms. The molecular weight excluding hydrogens is 422 g/mol. The molecule has 164 valence electrons. The van der Waals surface area contributed by atoms with Gasteiger partial charge >= 0.3 is 0 Å². The third-order valence-corrected chi connectivity index (χ3v) is 5.92. The minimum Gasteiger partial charge on any atom is -0.297 e. The number of fused-ring (bicyclic) bond motifs is 1. The van der Waals surface area contributed by atoms with Crippen molar-refractivity contribution in [2.75, 3.05) is 0 Å². The SMILES string of the molecule is O=C1c2ccccc2/C(=N\N=C\c2ccncc2)C1C(=O)C(c1ccccc1)c1ccccc1. The average Bonchev–Trinajstić information content (AvgIpc) is 3.18. The molecule has 34 heavy (non-hydrogen) atoms. The van der Waals surface area contributed by atoms with E-state index in [9.17, 15) is 9.59 Å². The van der Waals surface area contributed by atoms with E-state index in [0.717, 1.165) is 16.7 Å². The highest BCUT2D eigenvalue weighted by Gasteiger charge is 2.44. The lowest BCUT2D eigenvalue weighted by Gasteiger charge is -2.20. The molecule has 0 saturated heterocycles. The van der Waals surface area contributed by atoms with E-state index in [0.29, 0.717) is 16.8 Å². The Hall–Kier alpha value is -4.51. The number of benzene rings is 3. The first kappa shape index (κ1) is 21.3. The Labute approximate surface area is 197 Å². The van der Waals surface area contributed by atoms with Gasteiger partial charge < -0.3 is 0 Å². The second-order valence-corrected chi connectivity index (χ2v) is 8.01. The zero-order chi connectivity index (χ0) is 23.3. The quantitative estimate of drug-likeness (QED) is 0.236. The number of pyridine rings is 1. The maximum absolute atomic E-state index is 14.1. The van der Waals surface area contributed by atoms with E-state index in [1.54, 1.807) is 42.9 Å². The third kappa shape index (κ3) is 4.11. The Kier molecular flexibility index (Phi) is 5.99. The smallest absolute Gasteiger partial charge is 0.180 e. The summed E-state index contributed by atoms with van der Waals surface area (Å²) in [7, 11) is 0. The highest BCUT2D eigenvalue weighted by atomic mass is 16.2. The van der Waals surface area contributed by atoms with Crippen molar-refractivity contribution in [2.45, 2.75) is 5.92 Å². The molecule has 4 aromatic rings.